The van der Waals surface area contributed by atoms with Crippen molar-refractivity contribution in [3.63, 3.8) is 0 Å². The van der Waals surface area contributed by atoms with Crippen molar-refractivity contribution in [2.75, 3.05) is 18.0 Å². The van der Waals surface area contributed by atoms with Gasteiger partial charge in [-0.3, -0.25) is 4.79 Å². The van der Waals surface area contributed by atoms with Crippen LogP contribution in [0, 0.1) is 30.4 Å². The zero-order valence-electron chi connectivity index (χ0n) is 15.3. The fourth-order valence-electron chi connectivity index (χ4n) is 4.82. The van der Waals surface area contributed by atoms with Gasteiger partial charge in [0.15, 0.2) is 11.6 Å². The minimum absolute atomic E-state index is 0.00909. The highest BCUT2D eigenvalue weighted by Gasteiger charge is 2.47. The Morgan fingerprint density at radius 3 is 2.50 bits per heavy atom. The van der Waals surface area contributed by atoms with E-state index in [0.717, 1.165) is 12.8 Å². The van der Waals surface area contributed by atoms with Gasteiger partial charge in [-0.15, -0.1) is 0 Å². The predicted molar refractivity (Wildman–Crippen MR) is 97.9 cm³/mol. The number of anilines is 1. The molecule has 1 aromatic heterocycles. The summed E-state index contributed by atoms with van der Waals surface area (Å²) < 4.78 is 32.4. The summed E-state index contributed by atoms with van der Waals surface area (Å²) in [6, 6.07) is -0.0926. The van der Waals surface area contributed by atoms with E-state index in [2.05, 4.69) is 0 Å². The molecule has 0 unspecified atom stereocenters. The maximum Gasteiger partial charge on any atom is 0.341 e. The second-order valence-corrected chi connectivity index (χ2v) is 8.27. The summed E-state index contributed by atoms with van der Waals surface area (Å²) in [7, 11) is 0. The second kappa shape index (κ2) is 5.76. The van der Waals surface area contributed by atoms with Gasteiger partial charge < -0.3 is 19.7 Å². The standard InChI is InChI=1S/C20H20F2N2O4/c1-8-14-17(24(10-2-3-10)7-12(19(14)26)20(27)28)16(22)18(15(8)21)23-5-9-4-13(25)11(9)6-23/h7,9-11,13,25H,2-6H2,1H3,(H,27,28)/t9-,11+,13-/m1/s1. The van der Waals surface area contributed by atoms with Crippen LogP contribution in [0.1, 0.15) is 41.2 Å². The number of pyridine rings is 1. The third-order valence-corrected chi connectivity index (χ3v) is 6.58. The SMILES string of the molecule is Cc1c(F)c(N2C[C@H]3C[C@@H](O)[C@H]3C2)c(F)c2c1c(=O)c(C(=O)O)cn2C1CC1. The maximum atomic E-state index is 15.6. The van der Waals surface area contributed by atoms with Crippen molar-refractivity contribution in [1.82, 2.24) is 4.57 Å². The Bertz CT molecular complexity index is 1090. The summed E-state index contributed by atoms with van der Waals surface area (Å²) in [4.78, 5) is 25.8. The van der Waals surface area contributed by atoms with Crippen LogP contribution in [0.4, 0.5) is 14.5 Å². The summed E-state index contributed by atoms with van der Waals surface area (Å²) in [5.74, 6) is -2.84. The van der Waals surface area contributed by atoms with E-state index in [4.69, 9.17) is 0 Å². The van der Waals surface area contributed by atoms with Crippen LogP contribution in [-0.2, 0) is 0 Å². The molecular weight excluding hydrogens is 370 g/mol. The third kappa shape index (κ3) is 2.27. The predicted octanol–water partition coefficient (Wildman–Crippen LogP) is 2.44. The molecule has 0 spiro atoms. The van der Waals surface area contributed by atoms with Gasteiger partial charge in [0.2, 0.25) is 5.43 Å². The number of fused-ring (bicyclic) bond motifs is 2. The quantitative estimate of drug-likeness (QED) is 0.841. The molecule has 2 aromatic rings. The zero-order valence-corrected chi connectivity index (χ0v) is 15.3. The lowest BCUT2D eigenvalue weighted by Crippen LogP contribution is -2.39. The first-order chi connectivity index (χ1) is 13.3. The van der Waals surface area contributed by atoms with E-state index in [1.54, 1.807) is 4.90 Å². The number of aryl methyl sites for hydroxylation is 1. The van der Waals surface area contributed by atoms with Crippen molar-refractivity contribution in [2.24, 2.45) is 11.8 Å². The zero-order chi connectivity index (χ0) is 19.9. The van der Waals surface area contributed by atoms with Crippen molar-refractivity contribution in [3.05, 3.63) is 39.2 Å². The van der Waals surface area contributed by atoms with E-state index in [-0.39, 0.29) is 40.0 Å². The number of hydrogen-bond acceptors (Lipinski definition) is 4. The molecule has 0 radical (unpaired) electrons. The molecule has 1 aliphatic heterocycles. The van der Waals surface area contributed by atoms with Crippen LogP contribution in [-0.4, -0.2) is 39.9 Å². The molecule has 8 heteroatoms. The normalized spacial score (nSPS) is 26.4. The number of nitrogens with zero attached hydrogens (tertiary/aromatic N) is 2. The molecule has 3 fully saturated rings. The molecule has 5 rings (SSSR count). The van der Waals surface area contributed by atoms with Crippen LogP contribution in [0.15, 0.2) is 11.0 Å². The van der Waals surface area contributed by atoms with E-state index >= 15 is 8.78 Å². The smallest absolute Gasteiger partial charge is 0.341 e. The number of halogens is 2. The number of aliphatic hydroxyl groups excluding tert-OH is 1. The number of carboxylic acids is 1. The highest BCUT2D eigenvalue weighted by Crippen LogP contribution is 2.46. The first-order valence-corrected chi connectivity index (χ1v) is 9.52. The Hall–Kier alpha value is -2.48. The molecule has 2 saturated carbocycles. The van der Waals surface area contributed by atoms with E-state index in [1.165, 1.54) is 17.7 Å². The fourth-order valence-corrected chi connectivity index (χ4v) is 4.82. The monoisotopic (exact) mass is 390 g/mol. The molecule has 6 nitrogen and oxygen atoms in total. The first-order valence-electron chi connectivity index (χ1n) is 9.52. The molecule has 3 atom stereocenters. The Morgan fingerprint density at radius 2 is 1.93 bits per heavy atom. The van der Waals surface area contributed by atoms with Gasteiger partial charge in [-0.05, 0) is 32.1 Å². The van der Waals surface area contributed by atoms with Gasteiger partial charge in [0, 0.05) is 36.8 Å². The Kier molecular flexibility index (Phi) is 3.62. The number of carboxylic acid groups (broad SMARTS) is 1. The molecule has 0 amide bonds. The van der Waals surface area contributed by atoms with E-state index in [0.29, 0.717) is 19.5 Å². The van der Waals surface area contributed by atoms with Gasteiger partial charge in [-0.2, -0.15) is 0 Å². The second-order valence-electron chi connectivity index (χ2n) is 8.27. The van der Waals surface area contributed by atoms with Crippen molar-refractivity contribution < 1.29 is 23.8 Å². The van der Waals surface area contributed by atoms with E-state index < -0.39 is 34.7 Å². The lowest BCUT2D eigenvalue weighted by molar-refractivity contribution is -0.00399. The average Bonchev–Trinajstić information content (AvgIpc) is 3.42. The maximum absolute atomic E-state index is 15.6. The van der Waals surface area contributed by atoms with Crippen molar-refractivity contribution in [1.29, 1.82) is 0 Å². The Balaban J connectivity index is 1.78. The van der Waals surface area contributed by atoms with Crippen LogP contribution >= 0.6 is 0 Å². The molecule has 28 heavy (non-hydrogen) atoms. The molecule has 0 bridgehead atoms. The molecular formula is C20H20F2N2O4. The highest BCUT2D eigenvalue weighted by molar-refractivity contribution is 5.95. The van der Waals surface area contributed by atoms with Gasteiger partial charge in [0.05, 0.1) is 17.0 Å². The molecule has 148 valence electrons. The number of hydrogen-bond donors (Lipinski definition) is 2. The van der Waals surface area contributed by atoms with Gasteiger partial charge >= 0.3 is 5.97 Å². The van der Waals surface area contributed by atoms with Crippen LogP contribution in [0.5, 0.6) is 0 Å². The molecule has 1 aromatic carbocycles. The van der Waals surface area contributed by atoms with Crippen LogP contribution < -0.4 is 10.3 Å². The molecule has 2 heterocycles. The van der Waals surface area contributed by atoms with Gasteiger partial charge in [-0.1, -0.05) is 0 Å². The molecule has 3 aliphatic rings. The minimum Gasteiger partial charge on any atom is -0.477 e. The van der Waals surface area contributed by atoms with Crippen LogP contribution in [0.25, 0.3) is 10.9 Å². The van der Waals surface area contributed by atoms with E-state index in [1.807, 2.05) is 0 Å². The summed E-state index contributed by atoms with van der Waals surface area (Å²) in [6.45, 7) is 2.22. The third-order valence-electron chi connectivity index (χ3n) is 6.58. The number of rotatable bonds is 3. The molecule has 2 N–H and O–H groups in total. The summed E-state index contributed by atoms with van der Waals surface area (Å²) in [6.07, 6.45) is 2.88. The summed E-state index contributed by atoms with van der Waals surface area (Å²) >= 11 is 0. The average molecular weight is 390 g/mol. The van der Waals surface area contributed by atoms with Crippen molar-refractivity contribution in [3.8, 4) is 0 Å². The number of aromatic carboxylic acids is 1. The summed E-state index contributed by atoms with van der Waals surface area (Å²) in [5, 5.41) is 19.0. The lowest BCUT2D eigenvalue weighted by atomic mass is 9.74. The number of aliphatic hydroxyl groups is 1. The van der Waals surface area contributed by atoms with Crippen LogP contribution in [0.2, 0.25) is 0 Å². The van der Waals surface area contributed by atoms with Gasteiger partial charge in [0.25, 0.3) is 0 Å². The van der Waals surface area contributed by atoms with E-state index in [9.17, 15) is 19.8 Å². The lowest BCUT2D eigenvalue weighted by Gasteiger charge is -2.34. The number of aromatic nitrogens is 1. The molecule has 2 aliphatic carbocycles. The van der Waals surface area contributed by atoms with Crippen molar-refractivity contribution in [2.45, 2.75) is 38.3 Å². The Labute approximate surface area is 159 Å². The van der Waals surface area contributed by atoms with Gasteiger partial charge in [0.1, 0.15) is 11.3 Å². The number of carbonyl (C=O) groups is 1. The largest absolute Gasteiger partial charge is 0.477 e. The first kappa shape index (κ1) is 17.6. The fraction of sp³-hybridized carbons (Fsp3) is 0.500. The minimum atomic E-state index is -1.41. The van der Waals surface area contributed by atoms with Crippen LogP contribution in [0.3, 0.4) is 0 Å². The topological polar surface area (TPSA) is 82.8 Å². The van der Waals surface area contributed by atoms with Crippen molar-refractivity contribution >= 4 is 22.6 Å². The number of benzene rings is 1. The highest BCUT2D eigenvalue weighted by atomic mass is 19.1. The van der Waals surface area contributed by atoms with Gasteiger partial charge in [-0.25, -0.2) is 13.6 Å². The summed E-state index contributed by atoms with van der Waals surface area (Å²) in [5.41, 5.74) is -1.57. The Morgan fingerprint density at radius 1 is 1.21 bits per heavy atom. The molecule has 1 saturated heterocycles.